The van der Waals surface area contributed by atoms with Crippen molar-refractivity contribution >= 4 is 11.8 Å². The summed E-state index contributed by atoms with van der Waals surface area (Å²) in [5, 5.41) is 5.31. The third-order valence-corrected chi connectivity index (χ3v) is 1.37. The molecule has 4 N–H and O–H groups in total. The van der Waals surface area contributed by atoms with Crippen molar-refractivity contribution in [3.8, 4) is 0 Å². The molecule has 82 valence electrons. The zero-order valence-electron chi connectivity index (χ0n) is 9.02. The highest BCUT2D eigenvalue weighted by molar-refractivity contribution is 5.80. The van der Waals surface area contributed by atoms with Crippen LogP contribution in [0.5, 0.6) is 0 Å². The van der Waals surface area contributed by atoms with Crippen molar-refractivity contribution in [2.75, 3.05) is 13.1 Å². The molecule has 0 heterocycles. The molecule has 0 unspecified atom stereocenters. The lowest BCUT2D eigenvalue weighted by molar-refractivity contribution is -0.122. The Bertz CT molecular complexity index is 209. The van der Waals surface area contributed by atoms with Gasteiger partial charge in [0.05, 0.1) is 6.54 Å². The number of hydrogen-bond acceptors (Lipinski definition) is 3. The Labute approximate surface area is 84.4 Å². The number of nitrogens with one attached hydrogen (secondary N) is 2. The topological polar surface area (TPSA) is 84.2 Å². The summed E-state index contributed by atoms with van der Waals surface area (Å²) in [5.41, 5.74) is 4.85. The minimum Gasteiger partial charge on any atom is -0.354 e. The second kappa shape index (κ2) is 5.59. The van der Waals surface area contributed by atoms with Gasteiger partial charge in [-0.2, -0.15) is 0 Å². The molecule has 0 saturated heterocycles. The lowest BCUT2D eigenvalue weighted by Gasteiger charge is -2.20. The Hall–Kier alpha value is -1.10. The molecule has 5 heteroatoms. The van der Waals surface area contributed by atoms with Crippen LogP contribution in [0.25, 0.3) is 0 Å². The quantitative estimate of drug-likeness (QED) is 0.566. The summed E-state index contributed by atoms with van der Waals surface area (Å²) in [7, 11) is 0. The molecule has 0 radical (unpaired) electrons. The Morgan fingerprint density at radius 3 is 2.21 bits per heavy atom. The van der Waals surface area contributed by atoms with Gasteiger partial charge >= 0.3 is 0 Å². The molecule has 5 nitrogen and oxygen atoms in total. The summed E-state index contributed by atoms with van der Waals surface area (Å²) >= 11 is 0. The predicted octanol–water partition coefficient (Wildman–Crippen LogP) is -0.634. The van der Waals surface area contributed by atoms with Gasteiger partial charge < -0.3 is 16.4 Å². The number of nitrogens with two attached hydrogens (primary N) is 1. The molecule has 0 aromatic rings. The molecule has 0 bridgehead atoms. The summed E-state index contributed by atoms with van der Waals surface area (Å²) in [6, 6.07) is 0. The minimum absolute atomic E-state index is 0.0408. The molecule has 0 aliphatic carbocycles. The number of rotatable bonds is 4. The smallest absolute Gasteiger partial charge is 0.233 e. The van der Waals surface area contributed by atoms with Gasteiger partial charge in [-0.3, -0.25) is 9.59 Å². The SMILES string of the molecule is CC(C)(C)NC(=O)CCNC(=O)CN. The molecule has 0 saturated carbocycles. The molecule has 0 aromatic carbocycles. The maximum atomic E-state index is 11.2. The summed E-state index contributed by atoms with van der Waals surface area (Å²) < 4.78 is 0. The summed E-state index contributed by atoms with van der Waals surface area (Å²) in [5.74, 6) is -0.316. The average molecular weight is 201 g/mol. The minimum atomic E-state index is -0.242. The zero-order chi connectivity index (χ0) is 11.2. The lowest BCUT2D eigenvalue weighted by atomic mass is 10.1. The van der Waals surface area contributed by atoms with E-state index in [2.05, 4.69) is 10.6 Å². The van der Waals surface area contributed by atoms with Crippen molar-refractivity contribution in [1.29, 1.82) is 0 Å². The van der Waals surface area contributed by atoms with Crippen LogP contribution in [0.2, 0.25) is 0 Å². The standard InChI is InChI=1S/C9H19N3O2/c1-9(2,3)12-7(13)4-5-11-8(14)6-10/h4-6,10H2,1-3H3,(H,11,14)(H,12,13). The van der Waals surface area contributed by atoms with Gasteiger partial charge in [-0.25, -0.2) is 0 Å². The van der Waals surface area contributed by atoms with E-state index in [9.17, 15) is 9.59 Å². The molecule has 2 amide bonds. The molecule has 0 aliphatic rings. The molecule has 0 fully saturated rings. The first kappa shape index (κ1) is 12.9. The monoisotopic (exact) mass is 201 g/mol. The van der Waals surface area contributed by atoms with Gasteiger partial charge in [-0.05, 0) is 20.8 Å². The van der Waals surface area contributed by atoms with E-state index >= 15 is 0 Å². The number of carbonyl (C=O) groups excluding carboxylic acids is 2. The summed E-state index contributed by atoms with van der Waals surface area (Å²) in [6.07, 6.45) is 0.281. The van der Waals surface area contributed by atoms with Gasteiger partial charge in [0.15, 0.2) is 0 Å². The van der Waals surface area contributed by atoms with E-state index in [0.717, 1.165) is 0 Å². The third-order valence-electron chi connectivity index (χ3n) is 1.37. The van der Waals surface area contributed by atoms with E-state index in [1.165, 1.54) is 0 Å². The van der Waals surface area contributed by atoms with Crippen LogP contribution in [0.3, 0.4) is 0 Å². The summed E-state index contributed by atoms with van der Waals surface area (Å²) in [6.45, 7) is 6.01. The average Bonchev–Trinajstić information content (AvgIpc) is 2.00. The largest absolute Gasteiger partial charge is 0.354 e. The van der Waals surface area contributed by atoms with Gasteiger partial charge in [0.25, 0.3) is 0 Å². The maximum Gasteiger partial charge on any atom is 0.233 e. The van der Waals surface area contributed by atoms with Gasteiger partial charge in [-0.1, -0.05) is 0 Å². The van der Waals surface area contributed by atoms with Crippen LogP contribution in [0.4, 0.5) is 0 Å². The number of carbonyl (C=O) groups is 2. The van der Waals surface area contributed by atoms with Crippen molar-refractivity contribution in [3.63, 3.8) is 0 Å². The van der Waals surface area contributed by atoms with Crippen molar-refractivity contribution in [2.45, 2.75) is 32.7 Å². The first-order chi connectivity index (χ1) is 6.35. The molecule has 0 atom stereocenters. The summed E-state index contributed by atoms with van der Waals surface area (Å²) in [4.78, 5) is 21.9. The van der Waals surface area contributed by atoms with E-state index in [1.807, 2.05) is 20.8 Å². The molecule has 14 heavy (non-hydrogen) atoms. The number of hydrogen-bond donors (Lipinski definition) is 3. The van der Waals surface area contributed by atoms with Crippen LogP contribution in [0.15, 0.2) is 0 Å². The fraction of sp³-hybridized carbons (Fsp3) is 0.778. The zero-order valence-corrected chi connectivity index (χ0v) is 9.02. The highest BCUT2D eigenvalue weighted by Gasteiger charge is 2.13. The van der Waals surface area contributed by atoms with Crippen LogP contribution >= 0.6 is 0 Å². The van der Waals surface area contributed by atoms with Gasteiger partial charge in [0, 0.05) is 18.5 Å². The van der Waals surface area contributed by atoms with E-state index in [-0.39, 0.29) is 30.3 Å². The Balaban J connectivity index is 3.60. The fourth-order valence-corrected chi connectivity index (χ4v) is 0.868. The van der Waals surface area contributed by atoms with E-state index in [1.54, 1.807) is 0 Å². The van der Waals surface area contributed by atoms with Gasteiger partial charge in [0.2, 0.25) is 11.8 Å². The maximum absolute atomic E-state index is 11.2. The van der Waals surface area contributed by atoms with Gasteiger partial charge in [-0.15, -0.1) is 0 Å². The van der Waals surface area contributed by atoms with Crippen molar-refractivity contribution < 1.29 is 9.59 Å². The highest BCUT2D eigenvalue weighted by Crippen LogP contribution is 1.98. The molecule has 0 aromatic heterocycles. The highest BCUT2D eigenvalue weighted by atomic mass is 16.2. The first-order valence-electron chi connectivity index (χ1n) is 4.63. The van der Waals surface area contributed by atoms with E-state index in [0.29, 0.717) is 6.54 Å². The molecule has 0 aliphatic heterocycles. The third kappa shape index (κ3) is 7.54. The van der Waals surface area contributed by atoms with Crippen LogP contribution in [-0.4, -0.2) is 30.4 Å². The molecule has 0 rings (SSSR count). The molecule has 0 spiro atoms. The normalized spacial score (nSPS) is 10.9. The van der Waals surface area contributed by atoms with Crippen molar-refractivity contribution in [3.05, 3.63) is 0 Å². The van der Waals surface area contributed by atoms with Crippen molar-refractivity contribution in [2.24, 2.45) is 5.73 Å². The van der Waals surface area contributed by atoms with Crippen LogP contribution in [-0.2, 0) is 9.59 Å². The Morgan fingerprint density at radius 2 is 1.79 bits per heavy atom. The first-order valence-corrected chi connectivity index (χ1v) is 4.63. The van der Waals surface area contributed by atoms with E-state index in [4.69, 9.17) is 5.73 Å². The predicted molar refractivity (Wildman–Crippen MR) is 54.6 cm³/mol. The fourth-order valence-electron chi connectivity index (χ4n) is 0.868. The number of amides is 2. The molecular weight excluding hydrogens is 182 g/mol. The van der Waals surface area contributed by atoms with Crippen LogP contribution in [0.1, 0.15) is 27.2 Å². The van der Waals surface area contributed by atoms with Crippen LogP contribution < -0.4 is 16.4 Å². The van der Waals surface area contributed by atoms with Crippen molar-refractivity contribution in [1.82, 2.24) is 10.6 Å². The Kier molecular flexibility index (Phi) is 5.15. The Morgan fingerprint density at radius 1 is 1.21 bits per heavy atom. The lowest BCUT2D eigenvalue weighted by Crippen LogP contribution is -2.42. The second-order valence-corrected chi connectivity index (χ2v) is 4.10. The van der Waals surface area contributed by atoms with Crippen LogP contribution in [0, 0.1) is 0 Å². The van der Waals surface area contributed by atoms with E-state index < -0.39 is 0 Å². The van der Waals surface area contributed by atoms with Gasteiger partial charge in [0.1, 0.15) is 0 Å². The molecular formula is C9H19N3O2. The second-order valence-electron chi connectivity index (χ2n) is 4.10.